The van der Waals surface area contributed by atoms with Gasteiger partial charge in [-0.2, -0.15) is 0 Å². The number of methoxy groups -OCH3 is 1. The highest BCUT2D eigenvalue weighted by Gasteiger charge is 2.38. The SMILES string of the molecule is COC(=O)[C@H]1CN(c2ccc3c(c2)OCC(=O)N3C)C(=O)O1. The van der Waals surface area contributed by atoms with Crippen LogP contribution in [0.25, 0.3) is 0 Å². The smallest absolute Gasteiger partial charge is 0.415 e. The number of benzene rings is 1. The predicted octanol–water partition coefficient (Wildman–Crippen LogP) is 0.540. The highest BCUT2D eigenvalue weighted by atomic mass is 16.6. The fourth-order valence-corrected chi connectivity index (χ4v) is 2.36. The van der Waals surface area contributed by atoms with Gasteiger partial charge >= 0.3 is 12.1 Å². The van der Waals surface area contributed by atoms with E-state index in [0.29, 0.717) is 17.1 Å². The number of carbonyl (C=O) groups excluding carboxylic acids is 3. The summed E-state index contributed by atoms with van der Waals surface area (Å²) in [6.07, 6.45) is -1.57. The number of rotatable bonds is 2. The second-order valence-corrected chi connectivity index (χ2v) is 4.90. The molecule has 0 radical (unpaired) electrons. The van der Waals surface area contributed by atoms with Crippen molar-refractivity contribution in [1.29, 1.82) is 0 Å². The quantitative estimate of drug-likeness (QED) is 0.741. The third-order valence-corrected chi connectivity index (χ3v) is 3.62. The molecule has 2 aliphatic rings. The molecule has 0 unspecified atom stereocenters. The molecule has 22 heavy (non-hydrogen) atoms. The van der Waals surface area contributed by atoms with E-state index in [1.54, 1.807) is 25.2 Å². The van der Waals surface area contributed by atoms with E-state index in [2.05, 4.69) is 4.74 Å². The first-order valence-electron chi connectivity index (χ1n) is 6.60. The molecule has 0 saturated carbocycles. The third-order valence-electron chi connectivity index (χ3n) is 3.62. The van der Waals surface area contributed by atoms with Gasteiger partial charge in [0, 0.05) is 13.1 Å². The summed E-state index contributed by atoms with van der Waals surface area (Å²) in [7, 11) is 2.89. The summed E-state index contributed by atoms with van der Waals surface area (Å²) < 4.78 is 14.9. The maximum absolute atomic E-state index is 11.9. The Morgan fingerprint density at radius 2 is 2.14 bits per heavy atom. The van der Waals surface area contributed by atoms with Crippen LogP contribution in [0, 0.1) is 0 Å². The lowest BCUT2D eigenvalue weighted by Gasteiger charge is -2.27. The lowest BCUT2D eigenvalue weighted by molar-refractivity contribution is -0.148. The van der Waals surface area contributed by atoms with Crippen LogP contribution < -0.4 is 14.5 Å². The van der Waals surface area contributed by atoms with Gasteiger partial charge in [0.2, 0.25) is 6.10 Å². The van der Waals surface area contributed by atoms with Crippen LogP contribution in [-0.2, 0) is 19.1 Å². The van der Waals surface area contributed by atoms with Gasteiger partial charge in [-0.1, -0.05) is 0 Å². The molecule has 1 aromatic carbocycles. The summed E-state index contributed by atoms with van der Waals surface area (Å²) >= 11 is 0. The lowest BCUT2D eigenvalue weighted by Crippen LogP contribution is -2.35. The van der Waals surface area contributed by atoms with Crippen molar-refractivity contribution < 1.29 is 28.6 Å². The van der Waals surface area contributed by atoms with Crippen molar-refractivity contribution >= 4 is 29.3 Å². The van der Waals surface area contributed by atoms with Crippen LogP contribution in [0.5, 0.6) is 5.75 Å². The van der Waals surface area contributed by atoms with Gasteiger partial charge in [0.25, 0.3) is 5.91 Å². The van der Waals surface area contributed by atoms with Gasteiger partial charge < -0.3 is 19.1 Å². The predicted molar refractivity (Wildman–Crippen MR) is 75.0 cm³/mol. The minimum Gasteiger partial charge on any atom is -0.481 e. The molecule has 1 atom stereocenters. The monoisotopic (exact) mass is 306 g/mol. The first-order chi connectivity index (χ1) is 10.5. The summed E-state index contributed by atoms with van der Waals surface area (Å²) in [6, 6.07) is 4.98. The van der Waals surface area contributed by atoms with E-state index < -0.39 is 18.2 Å². The molecule has 2 amide bonds. The van der Waals surface area contributed by atoms with Crippen molar-refractivity contribution in [3.8, 4) is 5.75 Å². The molecule has 1 saturated heterocycles. The standard InChI is InChI=1S/C14H14N2O6/c1-15-9-4-3-8(5-10(9)21-7-12(15)17)16-6-11(13(18)20-2)22-14(16)19/h3-5,11H,6-7H2,1-2H3/t11-/m1/s1. The molecule has 0 aliphatic carbocycles. The van der Waals surface area contributed by atoms with Crippen molar-refractivity contribution in [2.45, 2.75) is 6.10 Å². The fourth-order valence-electron chi connectivity index (χ4n) is 2.36. The largest absolute Gasteiger partial charge is 0.481 e. The molecule has 0 spiro atoms. The first kappa shape index (κ1) is 14.2. The minimum atomic E-state index is -0.946. The van der Waals surface area contributed by atoms with Gasteiger partial charge in [0.15, 0.2) is 6.61 Å². The molecule has 3 rings (SSSR count). The molecule has 0 N–H and O–H groups in total. The minimum absolute atomic E-state index is 0.0534. The molecule has 0 bridgehead atoms. The molecule has 2 aliphatic heterocycles. The Bertz CT molecular complexity index is 659. The molecule has 116 valence electrons. The molecular formula is C14H14N2O6. The van der Waals surface area contributed by atoms with E-state index in [-0.39, 0.29) is 19.1 Å². The average Bonchev–Trinajstić information content (AvgIpc) is 2.92. The molecule has 0 aromatic heterocycles. The second kappa shape index (κ2) is 5.21. The zero-order valence-electron chi connectivity index (χ0n) is 12.1. The molecule has 1 aromatic rings. The van der Waals surface area contributed by atoms with Crippen molar-refractivity contribution in [2.75, 3.05) is 37.1 Å². The van der Waals surface area contributed by atoms with Gasteiger partial charge in [0.1, 0.15) is 5.75 Å². The van der Waals surface area contributed by atoms with Gasteiger partial charge in [0.05, 0.1) is 25.0 Å². The summed E-state index contributed by atoms with van der Waals surface area (Å²) in [6.45, 7) is 0.0151. The number of hydrogen-bond acceptors (Lipinski definition) is 6. The third kappa shape index (κ3) is 2.22. The highest BCUT2D eigenvalue weighted by molar-refractivity contribution is 5.99. The summed E-state index contributed by atoms with van der Waals surface area (Å²) in [5.41, 5.74) is 1.15. The van der Waals surface area contributed by atoms with Crippen LogP contribution in [0.1, 0.15) is 0 Å². The number of likely N-dealkylation sites (N-methyl/N-ethyl adjacent to an activating group) is 1. The van der Waals surface area contributed by atoms with Crippen LogP contribution in [0.3, 0.4) is 0 Å². The Morgan fingerprint density at radius 3 is 2.86 bits per heavy atom. The van der Waals surface area contributed by atoms with E-state index in [1.165, 1.54) is 16.9 Å². The molecule has 1 fully saturated rings. The van der Waals surface area contributed by atoms with Crippen LogP contribution in [0.15, 0.2) is 18.2 Å². The fraction of sp³-hybridized carbons (Fsp3) is 0.357. The van der Waals surface area contributed by atoms with E-state index >= 15 is 0 Å². The lowest BCUT2D eigenvalue weighted by atomic mass is 10.2. The van der Waals surface area contributed by atoms with Crippen molar-refractivity contribution in [3.05, 3.63) is 18.2 Å². The van der Waals surface area contributed by atoms with Crippen LogP contribution in [0.2, 0.25) is 0 Å². The van der Waals surface area contributed by atoms with Gasteiger partial charge in [-0.05, 0) is 12.1 Å². The van der Waals surface area contributed by atoms with Crippen molar-refractivity contribution in [2.24, 2.45) is 0 Å². The number of hydrogen-bond donors (Lipinski definition) is 0. The zero-order valence-corrected chi connectivity index (χ0v) is 12.1. The van der Waals surface area contributed by atoms with E-state index in [4.69, 9.17) is 9.47 Å². The number of ether oxygens (including phenoxy) is 3. The zero-order chi connectivity index (χ0) is 15.9. The Hall–Kier alpha value is -2.77. The Morgan fingerprint density at radius 1 is 1.36 bits per heavy atom. The van der Waals surface area contributed by atoms with Crippen LogP contribution in [-0.4, -0.2) is 51.4 Å². The van der Waals surface area contributed by atoms with Gasteiger partial charge in [-0.25, -0.2) is 9.59 Å². The number of cyclic esters (lactones) is 1. The normalized spacial score (nSPS) is 20.4. The maximum atomic E-state index is 11.9. The van der Waals surface area contributed by atoms with Crippen LogP contribution >= 0.6 is 0 Å². The Labute approximate surface area is 126 Å². The van der Waals surface area contributed by atoms with E-state index in [9.17, 15) is 14.4 Å². The number of carbonyl (C=O) groups is 3. The topological polar surface area (TPSA) is 85.4 Å². The molecule has 8 heteroatoms. The number of fused-ring (bicyclic) bond motifs is 1. The van der Waals surface area contributed by atoms with E-state index in [1.807, 2.05) is 0 Å². The molecule has 2 heterocycles. The Balaban J connectivity index is 1.86. The van der Waals surface area contributed by atoms with E-state index in [0.717, 1.165) is 0 Å². The summed E-state index contributed by atoms with van der Waals surface area (Å²) in [4.78, 5) is 37.7. The highest BCUT2D eigenvalue weighted by Crippen LogP contribution is 2.36. The molecule has 8 nitrogen and oxygen atoms in total. The number of esters is 1. The van der Waals surface area contributed by atoms with Gasteiger partial charge in [-0.3, -0.25) is 9.69 Å². The first-order valence-corrected chi connectivity index (χ1v) is 6.60. The number of nitrogens with zero attached hydrogens (tertiary/aromatic N) is 2. The number of anilines is 2. The summed E-state index contributed by atoms with van der Waals surface area (Å²) in [5, 5.41) is 0. The Kier molecular flexibility index (Phi) is 3.36. The van der Waals surface area contributed by atoms with Crippen LogP contribution in [0.4, 0.5) is 16.2 Å². The maximum Gasteiger partial charge on any atom is 0.415 e. The molecular weight excluding hydrogens is 292 g/mol. The number of amides is 2. The van der Waals surface area contributed by atoms with Gasteiger partial charge in [-0.15, -0.1) is 0 Å². The van der Waals surface area contributed by atoms with Crippen molar-refractivity contribution in [1.82, 2.24) is 0 Å². The summed E-state index contributed by atoms with van der Waals surface area (Å²) in [5.74, 6) is -0.254. The second-order valence-electron chi connectivity index (χ2n) is 4.90. The van der Waals surface area contributed by atoms with Crippen molar-refractivity contribution in [3.63, 3.8) is 0 Å². The average molecular weight is 306 g/mol.